The van der Waals surface area contributed by atoms with E-state index < -0.39 is 0 Å². The molecule has 0 fully saturated rings. The van der Waals surface area contributed by atoms with Gasteiger partial charge in [0.1, 0.15) is 0 Å². The first-order valence-electron chi connectivity index (χ1n) is 7.27. The van der Waals surface area contributed by atoms with Crippen LogP contribution >= 0.6 is 0 Å². The maximum Gasteiger partial charge on any atom is 0.00431 e. The van der Waals surface area contributed by atoms with Gasteiger partial charge in [-0.15, -0.1) is 6.58 Å². The fraction of sp³-hybridized carbons (Fsp3) is 0.556. The lowest BCUT2D eigenvalue weighted by atomic mass is 9.82. The highest BCUT2D eigenvalue weighted by Crippen LogP contribution is 2.25. The molecule has 1 N–H and O–H groups in total. The molecule has 0 radical (unpaired) electrons. The maximum absolute atomic E-state index is 4.04. The topological polar surface area (TPSA) is 12.0 Å². The average molecular weight is 259 g/mol. The van der Waals surface area contributed by atoms with Crippen LogP contribution in [0.25, 0.3) is 0 Å². The molecular weight excluding hydrogens is 230 g/mol. The van der Waals surface area contributed by atoms with Crippen molar-refractivity contribution in [3.05, 3.63) is 47.5 Å². The summed E-state index contributed by atoms with van der Waals surface area (Å²) in [5, 5.41) is 3.56. The quantitative estimate of drug-likeness (QED) is 0.721. The molecule has 0 aliphatic rings. The van der Waals surface area contributed by atoms with Crippen LogP contribution < -0.4 is 5.32 Å². The highest BCUT2D eigenvalue weighted by Gasteiger charge is 2.21. The van der Waals surface area contributed by atoms with Crippen molar-refractivity contribution < 1.29 is 0 Å². The van der Waals surface area contributed by atoms with Gasteiger partial charge in [-0.3, -0.25) is 0 Å². The zero-order valence-corrected chi connectivity index (χ0v) is 13.2. The van der Waals surface area contributed by atoms with Crippen molar-refractivity contribution in [1.29, 1.82) is 0 Å². The Kier molecular flexibility index (Phi) is 5.81. The van der Waals surface area contributed by atoms with E-state index in [4.69, 9.17) is 0 Å². The summed E-state index contributed by atoms with van der Waals surface area (Å²) in [6.07, 6.45) is 3.15. The second kappa shape index (κ2) is 6.91. The molecule has 0 bridgehead atoms. The lowest BCUT2D eigenvalue weighted by Crippen LogP contribution is -2.34. The lowest BCUT2D eigenvalue weighted by molar-refractivity contribution is 0.377. The molecule has 106 valence electrons. The molecule has 0 heterocycles. The van der Waals surface area contributed by atoms with Gasteiger partial charge in [0.25, 0.3) is 0 Å². The van der Waals surface area contributed by atoms with Gasteiger partial charge in [-0.25, -0.2) is 0 Å². The van der Waals surface area contributed by atoms with Gasteiger partial charge in [0.15, 0.2) is 0 Å². The van der Waals surface area contributed by atoms with E-state index >= 15 is 0 Å². The molecule has 1 nitrogen and oxygen atoms in total. The molecule has 1 heteroatoms. The molecule has 0 saturated heterocycles. The molecule has 0 aliphatic carbocycles. The summed E-state index contributed by atoms with van der Waals surface area (Å²) in [6.45, 7) is 17.2. The Hall–Kier alpha value is -1.08. The smallest absolute Gasteiger partial charge is 0.00431 e. The van der Waals surface area contributed by atoms with Crippen LogP contribution in [0.15, 0.2) is 30.9 Å². The Labute approximate surface area is 119 Å². The predicted molar refractivity (Wildman–Crippen MR) is 85.6 cm³/mol. The van der Waals surface area contributed by atoms with E-state index in [1.807, 2.05) is 0 Å². The molecule has 0 saturated carbocycles. The van der Waals surface area contributed by atoms with Crippen LogP contribution in [-0.2, 0) is 6.42 Å². The molecule has 1 aromatic rings. The lowest BCUT2D eigenvalue weighted by Gasteiger charge is -2.28. The van der Waals surface area contributed by atoms with Crippen molar-refractivity contribution in [2.75, 3.05) is 13.1 Å². The fourth-order valence-electron chi connectivity index (χ4n) is 2.28. The van der Waals surface area contributed by atoms with E-state index in [1.165, 1.54) is 16.7 Å². The van der Waals surface area contributed by atoms with Crippen LogP contribution in [0.5, 0.6) is 0 Å². The Bertz CT molecular complexity index is 420. The second-order valence-corrected chi connectivity index (χ2v) is 6.49. The molecule has 0 aliphatic heterocycles. The monoisotopic (exact) mass is 259 g/mol. The fourth-order valence-corrected chi connectivity index (χ4v) is 2.28. The van der Waals surface area contributed by atoms with Crippen molar-refractivity contribution in [3.63, 3.8) is 0 Å². The van der Waals surface area contributed by atoms with E-state index in [2.05, 4.69) is 70.8 Å². The van der Waals surface area contributed by atoms with E-state index in [-0.39, 0.29) is 5.41 Å². The van der Waals surface area contributed by atoms with Gasteiger partial charge in [-0.05, 0) is 43.9 Å². The Balaban J connectivity index is 2.74. The molecule has 0 spiro atoms. The number of aryl methyl sites for hydroxylation is 2. The number of benzene rings is 1. The number of rotatable bonds is 7. The molecule has 19 heavy (non-hydrogen) atoms. The number of hydrogen-bond acceptors (Lipinski definition) is 1. The van der Waals surface area contributed by atoms with Crippen LogP contribution in [0.2, 0.25) is 0 Å². The second-order valence-electron chi connectivity index (χ2n) is 6.49. The largest absolute Gasteiger partial charge is 0.316 e. The van der Waals surface area contributed by atoms with Crippen LogP contribution in [0.3, 0.4) is 0 Å². The average Bonchev–Trinajstić information content (AvgIpc) is 2.33. The predicted octanol–water partition coefficient (Wildman–Crippen LogP) is 4.28. The summed E-state index contributed by atoms with van der Waals surface area (Å²) >= 11 is 0. The highest BCUT2D eigenvalue weighted by atomic mass is 14.9. The summed E-state index contributed by atoms with van der Waals surface area (Å²) in [6, 6.07) is 6.70. The van der Waals surface area contributed by atoms with Crippen LogP contribution in [0.4, 0.5) is 0 Å². The first kappa shape index (κ1) is 16.0. The first-order valence-corrected chi connectivity index (χ1v) is 7.27. The van der Waals surface area contributed by atoms with Gasteiger partial charge in [0, 0.05) is 12.0 Å². The van der Waals surface area contributed by atoms with E-state index in [1.54, 1.807) is 0 Å². The van der Waals surface area contributed by atoms with Crippen molar-refractivity contribution in [2.45, 2.75) is 41.0 Å². The minimum Gasteiger partial charge on any atom is -0.316 e. The highest BCUT2D eigenvalue weighted by molar-refractivity contribution is 5.32. The Morgan fingerprint density at radius 2 is 2.00 bits per heavy atom. The Morgan fingerprint density at radius 1 is 1.32 bits per heavy atom. The number of nitrogens with one attached hydrogen (secondary N) is 1. The van der Waals surface area contributed by atoms with Gasteiger partial charge in [0.05, 0.1) is 0 Å². The summed E-state index contributed by atoms with van der Waals surface area (Å²) in [5.41, 5.74) is 4.27. The standard InChI is InChI=1S/C18H29N/c1-7-18(6,13-19-12-14(2)3)11-17-10-15(4)8-9-16(17)5/h7-10,14,19H,1,11-13H2,2-6H3. The van der Waals surface area contributed by atoms with Gasteiger partial charge < -0.3 is 5.32 Å². The van der Waals surface area contributed by atoms with Crippen LogP contribution in [-0.4, -0.2) is 13.1 Å². The molecule has 1 atom stereocenters. The molecule has 1 unspecified atom stereocenters. The third-order valence-corrected chi connectivity index (χ3v) is 3.67. The van der Waals surface area contributed by atoms with E-state index in [9.17, 15) is 0 Å². The minimum atomic E-state index is 0.118. The SMILES string of the molecule is C=CC(C)(CNCC(C)C)Cc1cc(C)ccc1C. The molecule has 0 aromatic heterocycles. The Morgan fingerprint density at radius 3 is 2.58 bits per heavy atom. The van der Waals surface area contributed by atoms with Crippen molar-refractivity contribution in [3.8, 4) is 0 Å². The van der Waals surface area contributed by atoms with E-state index in [0.717, 1.165) is 19.5 Å². The summed E-state index contributed by atoms with van der Waals surface area (Å²) in [5.74, 6) is 0.690. The third kappa shape index (κ3) is 5.20. The van der Waals surface area contributed by atoms with Crippen molar-refractivity contribution in [1.82, 2.24) is 5.32 Å². The zero-order valence-electron chi connectivity index (χ0n) is 13.2. The molecule has 1 aromatic carbocycles. The van der Waals surface area contributed by atoms with E-state index in [0.29, 0.717) is 5.92 Å². The molecular formula is C18H29N. The molecule has 1 rings (SSSR count). The molecule has 0 amide bonds. The van der Waals surface area contributed by atoms with Crippen LogP contribution in [0.1, 0.15) is 37.5 Å². The van der Waals surface area contributed by atoms with Gasteiger partial charge >= 0.3 is 0 Å². The maximum atomic E-state index is 4.04. The van der Waals surface area contributed by atoms with Crippen LogP contribution in [0, 0.1) is 25.2 Å². The summed E-state index contributed by atoms with van der Waals surface area (Å²) < 4.78 is 0. The first-order chi connectivity index (χ1) is 8.86. The van der Waals surface area contributed by atoms with Gasteiger partial charge in [-0.2, -0.15) is 0 Å². The third-order valence-electron chi connectivity index (χ3n) is 3.67. The minimum absolute atomic E-state index is 0.118. The zero-order chi connectivity index (χ0) is 14.5. The normalized spacial score (nSPS) is 14.4. The van der Waals surface area contributed by atoms with Crippen molar-refractivity contribution >= 4 is 0 Å². The van der Waals surface area contributed by atoms with Crippen molar-refractivity contribution in [2.24, 2.45) is 11.3 Å². The summed E-state index contributed by atoms with van der Waals surface area (Å²) in [7, 11) is 0. The summed E-state index contributed by atoms with van der Waals surface area (Å²) in [4.78, 5) is 0. The van der Waals surface area contributed by atoms with Gasteiger partial charge in [0.2, 0.25) is 0 Å². The van der Waals surface area contributed by atoms with Gasteiger partial charge in [-0.1, -0.05) is 50.6 Å². The number of hydrogen-bond donors (Lipinski definition) is 1.